The number of nitrogens with zero attached hydrogens (tertiary/aromatic N) is 4. The maximum Gasteiger partial charge on any atom is 0.303 e. The molecule has 0 aromatic heterocycles. The van der Waals surface area contributed by atoms with E-state index >= 15 is 0 Å². The maximum absolute atomic E-state index is 11.3. The molecule has 2 aromatic rings. The standard InChI is InChI=1S/C26H34N6O4/c27-29-17-31-11-8-23(9-12-31)36-25-5-2-21(20(13-25)3-6-26(33)34)16-35-24-4-1-19-7-10-32(18-30-28)15-22(19)14-24/h1-2,4-5,13-14,17-18,23H,3,6-12,15-16,27-28H2,(H,33,34). The van der Waals surface area contributed by atoms with Crippen LogP contribution in [-0.4, -0.2) is 59.3 Å². The predicted molar refractivity (Wildman–Crippen MR) is 138 cm³/mol. The molecule has 192 valence electrons. The maximum atomic E-state index is 11.3. The molecule has 0 atom stereocenters. The number of aryl methyl sites for hydroxylation is 1. The Kier molecular flexibility index (Phi) is 8.48. The van der Waals surface area contributed by atoms with E-state index in [9.17, 15) is 9.90 Å². The van der Waals surface area contributed by atoms with Crippen molar-refractivity contribution in [2.24, 2.45) is 21.9 Å². The molecular weight excluding hydrogens is 460 g/mol. The summed E-state index contributed by atoms with van der Waals surface area (Å²) in [6.07, 6.45) is 6.54. The Morgan fingerprint density at radius 3 is 2.47 bits per heavy atom. The molecule has 0 unspecified atom stereocenters. The van der Waals surface area contributed by atoms with E-state index in [0.717, 1.165) is 68.1 Å². The molecule has 1 saturated heterocycles. The largest absolute Gasteiger partial charge is 0.490 e. The van der Waals surface area contributed by atoms with Crippen LogP contribution in [0.3, 0.4) is 0 Å². The second-order valence-electron chi connectivity index (χ2n) is 9.15. The van der Waals surface area contributed by atoms with Crippen LogP contribution in [-0.2, 0) is 30.8 Å². The number of carbonyl (C=O) groups is 1. The normalized spacial score (nSPS) is 16.4. The quantitative estimate of drug-likeness (QED) is 0.198. The molecular formula is C26H34N6O4. The number of hydrazone groups is 2. The Morgan fingerprint density at radius 1 is 0.972 bits per heavy atom. The van der Waals surface area contributed by atoms with Crippen LogP contribution < -0.4 is 21.2 Å². The Balaban J connectivity index is 1.42. The summed E-state index contributed by atoms with van der Waals surface area (Å²) in [6.45, 7) is 3.64. The number of likely N-dealkylation sites (tertiary alicyclic amines) is 1. The molecule has 0 bridgehead atoms. The first-order valence-electron chi connectivity index (χ1n) is 12.2. The van der Waals surface area contributed by atoms with Gasteiger partial charge in [-0.15, -0.1) is 0 Å². The molecule has 0 radical (unpaired) electrons. The van der Waals surface area contributed by atoms with E-state index < -0.39 is 5.97 Å². The Bertz CT molecular complexity index is 1100. The van der Waals surface area contributed by atoms with Crippen molar-refractivity contribution in [2.45, 2.75) is 51.4 Å². The van der Waals surface area contributed by atoms with Crippen molar-refractivity contribution >= 4 is 18.6 Å². The number of nitrogens with two attached hydrogens (primary N) is 2. The van der Waals surface area contributed by atoms with Gasteiger partial charge in [-0.1, -0.05) is 12.1 Å². The van der Waals surface area contributed by atoms with Gasteiger partial charge in [0.25, 0.3) is 0 Å². The zero-order valence-electron chi connectivity index (χ0n) is 20.4. The van der Waals surface area contributed by atoms with Crippen LogP contribution in [0.25, 0.3) is 0 Å². The fourth-order valence-electron chi connectivity index (χ4n) is 4.69. The van der Waals surface area contributed by atoms with Crippen molar-refractivity contribution in [3.63, 3.8) is 0 Å². The number of fused-ring (bicyclic) bond motifs is 1. The highest BCUT2D eigenvalue weighted by Crippen LogP contribution is 2.27. The van der Waals surface area contributed by atoms with Crippen molar-refractivity contribution in [1.82, 2.24) is 9.80 Å². The fraction of sp³-hybridized carbons (Fsp3) is 0.423. The van der Waals surface area contributed by atoms with E-state index in [2.05, 4.69) is 32.1 Å². The number of carboxylic acids is 1. The van der Waals surface area contributed by atoms with Gasteiger partial charge in [0.1, 0.15) is 36.9 Å². The van der Waals surface area contributed by atoms with Gasteiger partial charge in [0.05, 0.1) is 0 Å². The zero-order valence-corrected chi connectivity index (χ0v) is 20.4. The van der Waals surface area contributed by atoms with Crippen LogP contribution in [0.5, 0.6) is 11.5 Å². The number of piperidine rings is 1. The summed E-state index contributed by atoms with van der Waals surface area (Å²) >= 11 is 0. The number of hydrogen-bond donors (Lipinski definition) is 3. The molecule has 0 spiro atoms. The second-order valence-corrected chi connectivity index (χ2v) is 9.15. The molecule has 0 aliphatic carbocycles. The number of rotatable bonds is 10. The molecule has 10 heteroatoms. The average Bonchev–Trinajstić information content (AvgIpc) is 2.88. The van der Waals surface area contributed by atoms with Crippen LogP contribution in [0, 0.1) is 0 Å². The van der Waals surface area contributed by atoms with Crippen molar-refractivity contribution in [1.29, 1.82) is 0 Å². The summed E-state index contributed by atoms with van der Waals surface area (Å²) in [6, 6.07) is 12.0. The van der Waals surface area contributed by atoms with E-state index in [1.807, 2.05) is 24.3 Å². The van der Waals surface area contributed by atoms with E-state index in [-0.39, 0.29) is 12.5 Å². The first-order valence-corrected chi connectivity index (χ1v) is 12.2. The molecule has 2 heterocycles. The van der Waals surface area contributed by atoms with Crippen molar-refractivity contribution in [3.8, 4) is 11.5 Å². The molecule has 1 fully saturated rings. The van der Waals surface area contributed by atoms with Gasteiger partial charge in [-0.05, 0) is 59.4 Å². The molecule has 0 amide bonds. The van der Waals surface area contributed by atoms with Gasteiger partial charge in [-0.3, -0.25) is 4.79 Å². The third kappa shape index (κ3) is 6.80. The van der Waals surface area contributed by atoms with E-state index in [0.29, 0.717) is 13.0 Å². The minimum Gasteiger partial charge on any atom is -0.490 e. The minimum atomic E-state index is -0.831. The molecule has 4 rings (SSSR count). The summed E-state index contributed by atoms with van der Waals surface area (Å²) in [5.74, 6) is 11.2. The Morgan fingerprint density at radius 2 is 1.72 bits per heavy atom. The van der Waals surface area contributed by atoms with E-state index in [4.69, 9.17) is 21.2 Å². The summed E-state index contributed by atoms with van der Waals surface area (Å²) < 4.78 is 12.4. The summed E-state index contributed by atoms with van der Waals surface area (Å²) in [7, 11) is 0. The van der Waals surface area contributed by atoms with Crippen LogP contribution in [0.2, 0.25) is 0 Å². The van der Waals surface area contributed by atoms with Gasteiger partial charge in [0, 0.05) is 45.4 Å². The zero-order chi connectivity index (χ0) is 25.3. The lowest BCUT2D eigenvalue weighted by atomic mass is 10.00. The highest BCUT2D eigenvalue weighted by molar-refractivity contribution is 5.67. The van der Waals surface area contributed by atoms with Gasteiger partial charge in [-0.2, -0.15) is 10.2 Å². The van der Waals surface area contributed by atoms with E-state index in [1.165, 1.54) is 11.1 Å². The SMILES string of the molecule is NN=CN1CCC(Oc2ccc(COc3ccc4c(c3)CN(C=NN)CC4)c(CCC(=O)O)c2)CC1. The lowest BCUT2D eigenvalue weighted by Gasteiger charge is -2.30. The molecule has 2 aliphatic rings. The van der Waals surface area contributed by atoms with Gasteiger partial charge >= 0.3 is 5.97 Å². The third-order valence-corrected chi connectivity index (χ3v) is 6.64. The molecule has 0 saturated carbocycles. The van der Waals surface area contributed by atoms with Crippen LogP contribution in [0.1, 0.15) is 41.5 Å². The van der Waals surface area contributed by atoms with E-state index in [1.54, 1.807) is 12.7 Å². The lowest BCUT2D eigenvalue weighted by Crippen LogP contribution is -2.37. The Labute approximate surface area is 211 Å². The fourth-order valence-corrected chi connectivity index (χ4v) is 4.69. The Hall–Kier alpha value is -3.95. The molecule has 2 aliphatic heterocycles. The third-order valence-electron chi connectivity index (χ3n) is 6.64. The van der Waals surface area contributed by atoms with Gasteiger partial charge in [0.2, 0.25) is 0 Å². The topological polar surface area (TPSA) is 139 Å². The van der Waals surface area contributed by atoms with Crippen molar-refractivity contribution < 1.29 is 19.4 Å². The van der Waals surface area contributed by atoms with Crippen molar-refractivity contribution in [3.05, 3.63) is 58.7 Å². The first kappa shape index (κ1) is 25.2. The number of carboxylic acid groups (broad SMARTS) is 1. The second kappa shape index (κ2) is 12.1. The van der Waals surface area contributed by atoms with Crippen LogP contribution >= 0.6 is 0 Å². The molecule has 10 nitrogen and oxygen atoms in total. The van der Waals surface area contributed by atoms with Gasteiger partial charge in [-0.25, -0.2) is 0 Å². The highest BCUT2D eigenvalue weighted by atomic mass is 16.5. The molecule has 2 aromatic carbocycles. The number of aliphatic carboxylic acids is 1. The first-order chi connectivity index (χ1) is 17.5. The number of ether oxygens (including phenoxy) is 2. The van der Waals surface area contributed by atoms with Crippen LogP contribution in [0.15, 0.2) is 46.6 Å². The minimum absolute atomic E-state index is 0.0463. The summed E-state index contributed by atoms with van der Waals surface area (Å²) in [4.78, 5) is 15.4. The van der Waals surface area contributed by atoms with Crippen molar-refractivity contribution in [2.75, 3.05) is 19.6 Å². The monoisotopic (exact) mass is 494 g/mol. The molecule has 36 heavy (non-hydrogen) atoms. The summed E-state index contributed by atoms with van der Waals surface area (Å²) in [5.41, 5.74) is 4.36. The molecule has 5 N–H and O–H groups in total. The number of benzene rings is 2. The van der Waals surface area contributed by atoms with Gasteiger partial charge in [0.15, 0.2) is 0 Å². The smallest absolute Gasteiger partial charge is 0.303 e. The van der Waals surface area contributed by atoms with Crippen LogP contribution in [0.4, 0.5) is 0 Å². The van der Waals surface area contributed by atoms with Gasteiger partial charge < -0.3 is 36.1 Å². The predicted octanol–water partition coefficient (Wildman–Crippen LogP) is 2.29. The lowest BCUT2D eigenvalue weighted by molar-refractivity contribution is -0.136. The number of hydrogen-bond acceptors (Lipinski definition) is 7. The average molecular weight is 495 g/mol. The summed E-state index contributed by atoms with van der Waals surface area (Å²) in [5, 5.41) is 16.5. The highest BCUT2D eigenvalue weighted by Gasteiger charge is 2.20.